The highest BCUT2D eigenvalue weighted by atomic mass is 16.3. The lowest BCUT2D eigenvalue weighted by molar-refractivity contribution is 0.175. The maximum Gasteiger partial charge on any atom is 0.115 e. The molecule has 0 saturated carbocycles. The van der Waals surface area contributed by atoms with Crippen molar-refractivity contribution in [1.82, 2.24) is 4.98 Å². The third-order valence-electron chi connectivity index (χ3n) is 3.36. The molecule has 1 atom stereocenters. The van der Waals surface area contributed by atoms with Crippen LogP contribution in [-0.2, 0) is 6.42 Å². The van der Waals surface area contributed by atoms with Crippen LogP contribution in [0.15, 0.2) is 60.8 Å². The Balaban J connectivity index is 1.94. The molecule has 0 bridgehead atoms. The first-order valence-corrected chi connectivity index (χ1v) is 6.53. The predicted octanol–water partition coefficient (Wildman–Crippen LogP) is 3.22. The van der Waals surface area contributed by atoms with Crippen molar-refractivity contribution in [3.8, 4) is 5.75 Å². The Labute approximate surface area is 117 Å². The third-order valence-corrected chi connectivity index (χ3v) is 3.36. The molecule has 3 aromatic rings. The number of hydrogen-bond acceptors (Lipinski definition) is 3. The van der Waals surface area contributed by atoms with E-state index in [2.05, 4.69) is 4.98 Å². The van der Waals surface area contributed by atoms with Gasteiger partial charge < -0.3 is 10.2 Å². The van der Waals surface area contributed by atoms with E-state index in [4.69, 9.17) is 0 Å². The standard InChI is InChI=1S/C17H15NO2/c19-14-6-3-4-12(10-14)11-16(20)17-15-7-2-1-5-13(15)8-9-18-17/h1-10,16,19-20H,11H2. The maximum atomic E-state index is 10.4. The molecule has 1 unspecified atom stereocenters. The molecule has 3 nitrogen and oxygen atoms in total. The zero-order valence-electron chi connectivity index (χ0n) is 10.9. The lowest BCUT2D eigenvalue weighted by atomic mass is 10.0. The number of rotatable bonds is 3. The van der Waals surface area contributed by atoms with Gasteiger partial charge in [-0.05, 0) is 29.1 Å². The van der Waals surface area contributed by atoms with Gasteiger partial charge in [-0.1, -0.05) is 36.4 Å². The highest BCUT2D eigenvalue weighted by molar-refractivity contribution is 5.84. The van der Waals surface area contributed by atoms with E-state index in [1.54, 1.807) is 24.4 Å². The predicted molar refractivity (Wildman–Crippen MR) is 78.5 cm³/mol. The summed E-state index contributed by atoms with van der Waals surface area (Å²) < 4.78 is 0. The van der Waals surface area contributed by atoms with Crippen molar-refractivity contribution in [2.24, 2.45) is 0 Å². The zero-order valence-corrected chi connectivity index (χ0v) is 10.9. The smallest absolute Gasteiger partial charge is 0.115 e. The number of aromatic nitrogens is 1. The second-order valence-corrected chi connectivity index (χ2v) is 4.81. The zero-order chi connectivity index (χ0) is 13.9. The topological polar surface area (TPSA) is 53.4 Å². The normalized spacial score (nSPS) is 12.4. The Morgan fingerprint density at radius 3 is 2.70 bits per heavy atom. The van der Waals surface area contributed by atoms with Crippen LogP contribution in [0.25, 0.3) is 10.8 Å². The molecular weight excluding hydrogens is 250 g/mol. The van der Waals surface area contributed by atoms with Gasteiger partial charge in [0.2, 0.25) is 0 Å². The summed E-state index contributed by atoms with van der Waals surface area (Å²) in [7, 11) is 0. The number of aliphatic hydroxyl groups excluding tert-OH is 1. The molecule has 0 saturated heterocycles. The van der Waals surface area contributed by atoms with E-state index in [1.165, 1.54) is 0 Å². The molecule has 3 rings (SSSR count). The number of pyridine rings is 1. The molecule has 0 spiro atoms. The largest absolute Gasteiger partial charge is 0.508 e. The molecule has 1 aromatic heterocycles. The van der Waals surface area contributed by atoms with Crippen LogP contribution < -0.4 is 0 Å². The number of phenolic OH excluding ortho intramolecular Hbond substituents is 1. The van der Waals surface area contributed by atoms with Gasteiger partial charge in [-0.3, -0.25) is 4.98 Å². The highest BCUT2D eigenvalue weighted by Gasteiger charge is 2.13. The van der Waals surface area contributed by atoms with Crippen molar-refractivity contribution >= 4 is 10.8 Å². The fourth-order valence-electron chi connectivity index (χ4n) is 2.41. The number of hydrogen-bond donors (Lipinski definition) is 2. The first-order valence-electron chi connectivity index (χ1n) is 6.53. The van der Waals surface area contributed by atoms with Gasteiger partial charge in [0, 0.05) is 18.0 Å². The van der Waals surface area contributed by atoms with Crippen molar-refractivity contribution < 1.29 is 10.2 Å². The molecular formula is C17H15NO2. The number of nitrogens with zero attached hydrogens (tertiary/aromatic N) is 1. The first kappa shape index (κ1) is 12.6. The molecule has 2 N–H and O–H groups in total. The first-order chi connectivity index (χ1) is 9.74. The van der Waals surface area contributed by atoms with E-state index in [1.807, 2.05) is 36.4 Å². The van der Waals surface area contributed by atoms with E-state index in [-0.39, 0.29) is 5.75 Å². The Kier molecular flexibility index (Phi) is 3.35. The van der Waals surface area contributed by atoms with Crippen molar-refractivity contribution in [2.75, 3.05) is 0 Å². The molecule has 20 heavy (non-hydrogen) atoms. The fourth-order valence-corrected chi connectivity index (χ4v) is 2.41. The number of phenols is 1. The summed E-state index contributed by atoms with van der Waals surface area (Å²) in [6.07, 6.45) is 1.45. The van der Waals surface area contributed by atoms with E-state index in [9.17, 15) is 10.2 Å². The van der Waals surface area contributed by atoms with Crippen LogP contribution in [0.3, 0.4) is 0 Å². The minimum absolute atomic E-state index is 0.209. The van der Waals surface area contributed by atoms with Gasteiger partial charge >= 0.3 is 0 Å². The monoisotopic (exact) mass is 265 g/mol. The van der Waals surface area contributed by atoms with Gasteiger partial charge in [0.05, 0.1) is 5.69 Å². The highest BCUT2D eigenvalue weighted by Crippen LogP contribution is 2.25. The summed E-state index contributed by atoms with van der Waals surface area (Å²) in [5.41, 5.74) is 1.55. The summed E-state index contributed by atoms with van der Waals surface area (Å²) in [6.45, 7) is 0. The fraction of sp³-hybridized carbons (Fsp3) is 0.118. The molecule has 0 fully saturated rings. The minimum Gasteiger partial charge on any atom is -0.508 e. The molecule has 100 valence electrons. The summed E-state index contributed by atoms with van der Waals surface area (Å²) in [6, 6.07) is 16.7. The van der Waals surface area contributed by atoms with Crippen LogP contribution in [0.1, 0.15) is 17.4 Å². The van der Waals surface area contributed by atoms with Crippen LogP contribution >= 0.6 is 0 Å². The van der Waals surface area contributed by atoms with E-state index in [0.29, 0.717) is 12.1 Å². The van der Waals surface area contributed by atoms with Crippen LogP contribution in [-0.4, -0.2) is 15.2 Å². The number of aromatic hydroxyl groups is 1. The second-order valence-electron chi connectivity index (χ2n) is 4.81. The molecule has 0 aliphatic rings. The van der Waals surface area contributed by atoms with Gasteiger partial charge in [0.15, 0.2) is 0 Å². The Morgan fingerprint density at radius 1 is 1.00 bits per heavy atom. The van der Waals surface area contributed by atoms with Crippen molar-refractivity contribution in [3.05, 3.63) is 72.1 Å². The van der Waals surface area contributed by atoms with E-state index in [0.717, 1.165) is 16.3 Å². The lowest BCUT2D eigenvalue weighted by Gasteiger charge is -2.13. The van der Waals surface area contributed by atoms with Gasteiger partial charge in [-0.15, -0.1) is 0 Å². The summed E-state index contributed by atoms with van der Waals surface area (Å²) in [5, 5.41) is 21.9. The molecule has 0 aliphatic carbocycles. The summed E-state index contributed by atoms with van der Waals surface area (Å²) >= 11 is 0. The van der Waals surface area contributed by atoms with Crippen LogP contribution in [0.4, 0.5) is 0 Å². The lowest BCUT2D eigenvalue weighted by Crippen LogP contribution is -2.04. The van der Waals surface area contributed by atoms with Gasteiger partial charge in [0.25, 0.3) is 0 Å². The number of aliphatic hydroxyl groups is 1. The van der Waals surface area contributed by atoms with Gasteiger partial charge in [0.1, 0.15) is 11.9 Å². The third kappa shape index (κ3) is 2.49. The Hall–Kier alpha value is -2.39. The molecule has 0 aliphatic heterocycles. The van der Waals surface area contributed by atoms with E-state index < -0.39 is 6.10 Å². The minimum atomic E-state index is -0.692. The van der Waals surface area contributed by atoms with Gasteiger partial charge in [-0.2, -0.15) is 0 Å². The average molecular weight is 265 g/mol. The maximum absolute atomic E-state index is 10.4. The quantitative estimate of drug-likeness (QED) is 0.764. The Morgan fingerprint density at radius 2 is 1.85 bits per heavy atom. The summed E-state index contributed by atoms with van der Waals surface area (Å²) in [4.78, 5) is 4.31. The molecule has 1 heterocycles. The van der Waals surface area contributed by atoms with Crippen LogP contribution in [0.5, 0.6) is 5.75 Å². The van der Waals surface area contributed by atoms with Crippen molar-refractivity contribution in [3.63, 3.8) is 0 Å². The van der Waals surface area contributed by atoms with Gasteiger partial charge in [-0.25, -0.2) is 0 Å². The average Bonchev–Trinajstić information content (AvgIpc) is 2.46. The second kappa shape index (κ2) is 5.31. The Bertz CT molecular complexity index is 734. The molecule has 0 amide bonds. The number of benzene rings is 2. The molecule has 2 aromatic carbocycles. The molecule has 0 radical (unpaired) electrons. The summed E-state index contributed by atoms with van der Waals surface area (Å²) in [5.74, 6) is 0.209. The van der Waals surface area contributed by atoms with Crippen LogP contribution in [0, 0.1) is 0 Å². The van der Waals surface area contributed by atoms with Crippen molar-refractivity contribution in [1.29, 1.82) is 0 Å². The van der Waals surface area contributed by atoms with Crippen LogP contribution in [0.2, 0.25) is 0 Å². The van der Waals surface area contributed by atoms with E-state index >= 15 is 0 Å². The molecule has 3 heteroatoms. The SMILES string of the molecule is Oc1cccc(CC(O)c2nccc3ccccc23)c1. The number of fused-ring (bicyclic) bond motifs is 1. The van der Waals surface area contributed by atoms with Crippen molar-refractivity contribution in [2.45, 2.75) is 12.5 Å².